The zero-order valence-corrected chi connectivity index (χ0v) is 12.6. The molecule has 3 N–H and O–H groups in total. The molecule has 1 atom stereocenters. The second kappa shape index (κ2) is 6.10. The molecule has 23 heavy (non-hydrogen) atoms. The van der Waals surface area contributed by atoms with Gasteiger partial charge in [-0.25, -0.2) is 4.79 Å². The quantitative estimate of drug-likeness (QED) is 0.756. The van der Waals surface area contributed by atoms with Gasteiger partial charge in [-0.1, -0.05) is 29.8 Å². The summed E-state index contributed by atoms with van der Waals surface area (Å²) < 4.78 is 0. The Hall–Kier alpha value is -2.86. The van der Waals surface area contributed by atoms with Gasteiger partial charge < -0.3 is 10.6 Å². The van der Waals surface area contributed by atoms with Gasteiger partial charge in [0.05, 0.1) is 0 Å². The molecule has 1 heterocycles. The highest BCUT2D eigenvalue weighted by Crippen LogP contribution is 2.21. The third kappa shape index (κ3) is 3.32. The summed E-state index contributed by atoms with van der Waals surface area (Å²) in [6, 6.07) is 12.0. The number of benzene rings is 2. The second-order valence-corrected chi connectivity index (χ2v) is 5.42. The standard InChI is InChI=1S/C16H12ClN3O3/c17-11-5-1-4-10(7-11)14(21)18-12-6-2-3-9(8-12)13-15(22)20-16(23)19-13/h1-8,13H,(H,18,21)(H2,19,20,22,23). The Balaban J connectivity index is 1.79. The number of rotatable bonds is 3. The average Bonchev–Trinajstić information content (AvgIpc) is 2.86. The number of hydrogen-bond acceptors (Lipinski definition) is 3. The van der Waals surface area contributed by atoms with Crippen LogP contribution >= 0.6 is 11.6 Å². The lowest BCUT2D eigenvalue weighted by molar-refractivity contribution is -0.120. The number of halogens is 1. The van der Waals surface area contributed by atoms with Crippen LogP contribution in [0.2, 0.25) is 5.02 Å². The maximum Gasteiger partial charge on any atom is 0.322 e. The molecule has 2 aromatic carbocycles. The zero-order chi connectivity index (χ0) is 16.4. The van der Waals surface area contributed by atoms with Crippen LogP contribution in [-0.2, 0) is 4.79 Å². The first-order valence-electron chi connectivity index (χ1n) is 6.81. The van der Waals surface area contributed by atoms with Gasteiger partial charge in [-0.15, -0.1) is 0 Å². The third-order valence-electron chi connectivity index (χ3n) is 3.34. The van der Waals surface area contributed by atoms with Gasteiger partial charge in [-0.3, -0.25) is 14.9 Å². The number of urea groups is 1. The molecule has 3 rings (SSSR count). The van der Waals surface area contributed by atoms with Crippen molar-refractivity contribution in [2.24, 2.45) is 0 Å². The number of anilines is 1. The van der Waals surface area contributed by atoms with E-state index in [1.807, 2.05) is 0 Å². The molecule has 0 saturated carbocycles. The van der Waals surface area contributed by atoms with Crippen LogP contribution in [0.15, 0.2) is 48.5 Å². The molecular weight excluding hydrogens is 318 g/mol. The molecule has 0 spiro atoms. The van der Waals surface area contributed by atoms with Crippen molar-refractivity contribution < 1.29 is 14.4 Å². The van der Waals surface area contributed by atoms with Crippen LogP contribution in [0.3, 0.4) is 0 Å². The number of amides is 4. The highest BCUT2D eigenvalue weighted by Gasteiger charge is 2.30. The van der Waals surface area contributed by atoms with Crippen molar-refractivity contribution in [2.75, 3.05) is 5.32 Å². The zero-order valence-electron chi connectivity index (χ0n) is 11.8. The summed E-state index contributed by atoms with van der Waals surface area (Å²) in [5.74, 6) is -0.738. The topological polar surface area (TPSA) is 87.3 Å². The lowest BCUT2D eigenvalue weighted by atomic mass is 10.1. The number of nitrogens with one attached hydrogen (secondary N) is 3. The minimum absolute atomic E-state index is 0.315. The molecule has 1 aliphatic rings. The molecule has 7 heteroatoms. The Labute approximate surface area is 136 Å². The van der Waals surface area contributed by atoms with Crippen LogP contribution in [-0.4, -0.2) is 17.8 Å². The van der Waals surface area contributed by atoms with Gasteiger partial charge in [0.25, 0.3) is 11.8 Å². The van der Waals surface area contributed by atoms with E-state index in [1.54, 1.807) is 48.5 Å². The van der Waals surface area contributed by atoms with Crippen molar-refractivity contribution in [1.29, 1.82) is 0 Å². The van der Waals surface area contributed by atoms with Gasteiger partial charge in [0.15, 0.2) is 0 Å². The van der Waals surface area contributed by atoms with E-state index in [-0.39, 0.29) is 5.91 Å². The Morgan fingerprint density at radius 2 is 1.87 bits per heavy atom. The van der Waals surface area contributed by atoms with E-state index in [2.05, 4.69) is 16.0 Å². The van der Waals surface area contributed by atoms with E-state index >= 15 is 0 Å². The van der Waals surface area contributed by atoms with Crippen molar-refractivity contribution in [3.8, 4) is 0 Å². The number of carbonyl (C=O) groups excluding carboxylic acids is 3. The average molecular weight is 330 g/mol. The van der Waals surface area contributed by atoms with Crippen molar-refractivity contribution in [1.82, 2.24) is 10.6 Å². The summed E-state index contributed by atoms with van der Waals surface area (Å²) in [6.45, 7) is 0. The fraction of sp³-hybridized carbons (Fsp3) is 0.0625. The van der Waals surface area contributed by atoms with Crippen LogP contribution in [0.4, 0.5) is 10.5 Å². The largest absolute Gasteiger partial charge is 0.322 e. The summed E-state index contributed by atoms with van der Waals surface area (Å²) in [5.41, 5.74) is 1.52. The van der Waals surface area contributed by atoms with Crippen molar-refractivity contribution in [2.45, 2.75) is 6.04 Å². The first-order chi connectivity index (χ1) is 11.0. The van der Waals surface area contributed by atoms with E-state index in [1.165, 1.54) is 0 Å². The summed E-state index contributed by atoms with van der Waals surface area (Å²) in [5, 5.41) is 7.88. The van der Waals surface area contributed by atoms with E-state index < -0.39 is 18.0 Å². The highest BCUT2D eigenvalue weighted by atomic mass is 35.5. The summed E-state index contributed by atoms with van der Waals surface area (Å²) >= 11 is 5.87. The van der Waals surface area contributed by atoms with E-state index in [4.69, 9.17) is 11.6 Å². The smallest absolute Gasteiger partial charge is 0.322 e. The molecule has 2 aromatic rings. The Bertz CT molecular complexity index is 807. The normalized spacial score (nSPS) is 16.7. The van der Waals surface area contributed by atoms with E-state index in [9.17, 15) is 14.4 Å². The van der Waals surface area contributed by atoms with Crippen LogP contribution in [0, 0.1) is 0 Å². The number of imide groups is 1. The van der Waals surface area contributed by atoms with Gasteiger partial charge in [-0.2, -0.15) is 0 Å². The Morgan fingerprint density at radius 1 is 1.09 bits per heavy atom. The predicted octanol–water partition coefficient (Wildman–Crippen LogP) is 2.47. The molecule has 6 nitrogen and oxygen atoms in total. The molecule has 4 amide bonds. The molecule has 1 aliphatic heterocycles. The first kappa shape index (κ1) is 15.1. The summed E-state index contributed by atoms with van der Waals surface area (Å²) in [4.78, 5) is 35.1. The third-order valence-corrected chi connectivity index (χ3v) is 3.57. The lowest BCUT2D eigenvalue weighted by Crippen LogP contribution is -2.22. The van der Waals surface area contributed by atoms with Crippen LogP contribution in [0.1, 0.15) is 22.0 Å². The Kier molecular flexibility index (Phi) is 3.99. The molecule has 1 saturated heterocycles. The minimum atomic E-state index is -0.759. The summed E-state index contributed by atoms with van der Waals surface area (Å²) in [7, 11) is 0. The lowest BCUT2D eigenvalue weighted by Gasteiger charge is -2.11. The molecule has 1 unspecified atom stereocenters. The molecule has 1 fully saturated rings. The number of hydrogen-bond donors (Lipinski definition) is 3. The van der Waals surface area contributed by atoms with Gasteiger partial charge >= 0.3 is 6.03 Å². The first-order valence-corrected chi connectivity index (χ1v) is 7.19. The van der Waals surface area contributed by atoms with Crippen LogP contribution < -0.4 is 16.0 Å². The highest BCUT2D eigenvalue weighted by molar-refractivity contribution is 6.31. The van der Waals surface area contributed by atoms with Crippen LogP contribution in [0.5, 0.6) is 0 Å². The minimum Gasteiger partial charge on any atom is -0.322 e. The number of carbonyl (C=O) groups is 3. The molecule has 0 aliphatic carbocycles. The maximum atomic E-state index is 12.2. The monoisotopic (exact) mass is 329 g/mol. The van der Waals surface area contributed by atoms with Crippen molar-refractivity contribution in [3.63, 3.8) is 0 Å². The van der Waals surface area contributed by atoms with E-state index in [0.717, 1.165) is 0 Å². The Morgan fingerprint density at radius 3 is 2.57 bits per heavy atom. The molecule has 0 radical (unpaired) electrons. The van der Waals surface area contributed by atoms with Crippen molar-refractivity contribution in [3.05, 3.63) is 64.7 Å². The van der Waals surface area contributed by atoms with E-state index in [0.29, 0.717) is 21.8 Å². The van der Waals surface area contributed by atoms with Crippen LogP contribution in [0.25, 0.3) is 0 Å². The SMILES string of the molecule is O=C1NC(=O)C(c2cccc(NC(=O)c3cccc(Cl)c3)c2)N1. The summed E-state index contributed by atoms with van der Waals surface area (Å²) in [6.07, 6.45) is 0. The molecule has 0 aromatic heterocycles. The van der Waals surface area contributed by atoms with Gasteiger partial charge in [0, 0.05) is 16.3 Å². The second-order valence-electron chi connectivity index (χ2n) is 4.99. The fourth-order valence-corrected chi connectivity index (χ4v) is 2.47. The fourth-order valence-electron chi connectivity index (χ4n) is 2.28. The predicted molar refractivity (Wildman–Crippen MR) is 85.3 cm³/mol. The van der Waals surface area contributed by atoms with Gasteiger partial charge in [0.1, 0.15) is 6.04 Å². The molecule has 116 valence electrons. The molecular formula is C16H12ClN3O3. The molecule has 0 bridgehead atoms. The maximum absolute atomic E-state index is 12.2. The van der Waals surface area contributed by atoms with Crippen molar-refractivity contribution >= 4 is 35.1 Å². The van der Waals surface area contributed by atoms with Gasteiger partial charge in [0.2, 0.25) is 0 Å². The van der Waals surface area contributed by atoms with Gasteiger partial charge in [-0.05, 0) is 35.9 Å².